The maximum Gasteiger partial charge on any atom is 0.0484 e. The maximum atomic E-state index is 6.22. The third kappa shape index (κ3) is 1.97. The van der Waals surface area contributed by atoms with E-state index in [1.807, 2.05) is 24.3 Å². The van der Waals surface area contributed by atoms with Crippen molar-refractivity contribution in [2.24, 2.45) is 5.73 Å². The number of hydrogen-bond acceptors (Lipinski definition) is 1. The van der Waals surface area contributed by atoms with Crippen LogP contribution in [-0.2, 0) is 5.54 Å². The Morgan fingerprint density at radius 1 is 1.00 bits per heavy atom. The molecule has 2 aromatic carbocycles. The van der Waals surface area contributed by atoms with E-state index in [0.717, 1.165) is 29.0 Å². The zero-order valence-corrected chi connectivity index (χ0v) is 10.2. The molecule has 0 unspecified atom stereocenters. The minimum Gasteiger partial charge on any atom is -0.321 e. The van der Waals surface area contributed by atoms with Crippen LogP contribution in [0.5, 0.6) is 0 Å². The van der Waals surface area contributed by atoms with E-state index in [1.54, 1.807) is 0 Å². The predicted molar refractivity (Wildman–Crippen MR) is 72.0 cm³/mol. The molecular formula is C15H14ClN. The van der Waals surface area contributed by atoms with Gasteiger partial charge in [0.05, 0.1) is 0 Å². The Morgan fingerprint density at radius 2 is 1.76 bits per heavy atom. The normalized spacial score (nSPS) is 16.8. The second-order valence-electron chi connectivity index (χ2n) is 4.72. The van der Waals surface area contributed by atoms with Crippen molar-refractivity contribution in [2.75, 3.05) is 0 Å². The van der Waals surface area contributed by atoms with Crippen LogP contribution in [0.4, 0.5) is 0 Å². The summed E-state index contributed by atoms with van der Waals surface area (Å²) in [5, 5.41) is 0.784. The van der Waals surface area contributed by atoms with Gasteiger partial charge < -0.3 is 5.73 Å². The second-order valence-corrected chi connectivity index (χ2v) is 5.12. The van der Waals surface area contributed by atoms with Crippen LogP contribution >= 0.6 is 11.6 Å². The quantitative estimate of drug-likeness (QED) is 0.849. The molecule has 2 N–H and O–H groups in total. The lowest BCUT2D eigenvalue weighted by Crippen LogP contribution is -2.18. The van der Waals surface area contributed by atoms with E-state index in [2.05, 4.69) is 24.3 Å². The van der Waals surface area contributed by atoms with E-state index in [9.17, 15) is 0 Å². The van der Waals surface area contributed by atoms with Crippen molar-refractivity contribution in [3.05, 3.63) is 59.1 Å². The average Bonchev–Trinajstić information content (AvgIpc) is 3.10. The highest BCUT2D eigenvalue weighted by atomic mass is 35.5. The monoisotopic (exact) mass is 243 g/mol. The van der Waals surface area contributed by atoms with Gasteiger partial charge in [0.15, 0.2) is 0 Å². The Hall–Kier alpha value is -1.31. The maximum absolute atomic E-state index is 6.22. The summed E-state index contributed by atoms with van der Waals surface area (Å²) in [6, 6.07) is 16.3. The Balaban J connectivity index is 2.07. The number of nitrogens with two attached hydrogens (primary N) is 1. The van der Waals surface area contributed by atoms with Crippen molar-refractivity contribution >= 4 is 11.6 Å². The van der Waals surface area contributed by atoms with Gasteiger partial charge >= 0.3 is 0 Å². The molecule has 1 aliphatic carbocycles. The molecule has 1 fully saturated rings. The van der Waals surface area contributed by atoms with Crippen LogP contribution in [0, 0.1) is 0 Å². The van der Waals surface area contributed by atoms with Gasteiger partial charge in [-0.3, -0.25) is 0 Å². The van der Waals surface area contributed by atoms with Gasteiger partial charge in [-0.05, 0) is 36.1 Å². The number of halogens is 1. The molecule has 1 saturated carbocycles. The lowest BCUT2D eigenvalue weighted by atomic mass is 9.99. The molecule has 0 spiro atoms. The fourth-order valence-electron chi connectivity index (χ4n) is 2.12. The molecule has 1 nitrogen and oxygen atoms in total. The molecule has 0 heterocycles. The van der Waals surface area contributed by atoms with Gasteiger partial charge in [-0.2, -0.15) is 0 Å². The van der Waals surface area contributed by atoms with Crippen LogP contribution in [0.25, 0.3) is 11.1 Å². The van der Waals surface area contributed by atoms with Crippen molar-refractivity contribution < 1.29 is 0 Å². The summed E-state index contributed by atoms with van der Waals surface area (Å²) < 4.78 is 0. The second kappa shape index (κ2) is 3.86. The largest absolute Gasteiger partial charge is 0.321 e. The zero-order valence-electron chi connectivity index (χ0n) is 9.49. The van der Waals surface area contributed by atoms with Crippen LogP contribution in [0.1, 0.15) is 18.4 Å². The van der Waals surface area contributed by atoms with Crippen molar-refractivity contribution in [3.63, 3.8) is 0 Å². The average molecular weight is 244 g/mol. The van der Waals surface area contributed by atoms with E-state index in [0.29, 0.717) is 0 Å². The first kappa shape index (κ1) is 10.8. The molecule has 2 heteroatoms. The van der Waals surface area contributed by atoms with E-state index in [1.165, 1.54) is 5.56 Å². The molecule has 2 aromatic rings. The van der Waals surface area contributed by atoms with Gasteiger partial charge in [0.2, 0.25) is 0 Å². The van der Waals surface area contributed by atoms with Gasteiger partial charge in [-0.25, -0.2) is 0 Å². The Bertz CT molecular complexity index is 558. The first-order chi connectivity index (χ1) is 8.19. The molecule has 0 saturated heterocycles. The molecule has 3 rings (SSSR count). The highest BCUT2D eigenvalue weighted by Crippen LogP contribution is 2.43. The third-order valence-corrected chi connectivity index (χ3v) is 3.74. The first-order valence-corrected chi connectivity index (χ1v) is 6.21. The van der Waals surface area contributed by atoms with Gasteiger partial charge in [0, 0.05) is 16.1 Å². The highest BCUT2D eigenvalue weighted by molar-refractivity contribution is 6.33. The molecule has 0 amide bonds. The van der Waals surface area contributed by atoms with Crippen molar-refractivity contribution in [3.8, 4) is 11.1 Å². The fraction of sp³-hybridized carbons (Fsp3) is 0.200. The molecular weight excluding hydrogens is 230 g/mol. The van der Waals surface area contributed by atoms with Crippen molar-refractivity contribution in [2.45, 2.75) is 18.4 Å². The molecule has 0 bridgehead atoms. The summed E-state index contributed by atoms with van der Waals surface area (Å²) in [6.45, 7) is 0. The Labute approximate surface area is 106 Å². The Kier molecular flexibility index (Phi) is 2.46. The summed E-state index contributed by atoms with van der Waals surface area (Å²) in [7, 11) is 0. The number of rotatable bonds is 2. The summed E-state index contributed by atoms with van der Waals surface area (Å²) in [4.78, 5) is 0. The van der Waals surface area contributed by atoms with Gasteiger partial charge in [-0.1, -0.05) is 48.0 Å². The number of benzene rings is 2. The van der Waals surface area contributed by atoms with Crippen LogP contribution in [0.15, 0.2) is 48.5 Å². The van der Waals surface area contributed by atoms with Gasteiger partial charge in [0.1, 0.15) is 0 Å². The Morgan fingerprint density at radius 3 is 2.47 bits per heavy atom. The molecule has 0 radical (unpaired) electrons. The molecule has 0 aromatic heterocycles. The first-order valence-electron chi connectivity index (χ1n) is 5.83. The van der Waals surface area contributed by atoms with Crippen LogP contribution < -0.4 is 5.73 Å². The van der Waals surface area contributed by atoms with Crippen molar-refractivity contribution in [1.82, 2.24) is 0 Å². The standard InChI is InChI=1S/C15H14ClN/c16-14-7-2-1-6-13(14)11-4-3-5-12(10-11)15(17)8-9-15/h1-7,10H,8-9,17H2. The molecule has 86 valence electrons. The van der Waals surface area contributed by atoms with Crippen LogP contribution in [0.3, 0.4) is 0 Å². The van der Waals surface area contributed by atoms with Crippen molar-refractivity contribution in [1.29, 1.82) is 0 Å². The molecule has 0 atom stereocenters. The van der Waals surface area contributed by atoms with E-state index in [4.69, 9.17) is 17.3 Å². The lowest BCUT2D eigenvalue weighted by molar-refractivity contribution is 0.740. The third-order valence-electron chi connectivity index (χ3n) is 3.41. The summed E-state index contributed by atoms with van der Waals surface area (Å²) >= 11 is 6.21. The smallest absolute Gasteiger partial charge is 0.0484 e. The zero-order chi connectivity index (χ0) is 11.9. The summed E-state index contributed by atoms with van der Waals surface area (Å²) in [6.07, 6.45) is 2.16. The lowest BCUT2D eigenvalue weighted by Gasteiger charge is -2.11. The number of hydrogen-bond donors (Lipinski definition) is 1. The van der Waals surface area contributed by atoms with E-state index < -0.39 is 0 Å². The van der Waals surface area contributed by atoms with Crippen LogP contribution in [0.2, 0.25) is 5.02 Å². The van der Waals surface area contributed by atoms with Crippen LogP contribution in [-0.4, -0.2) is 0 Å². The SMILES string of the molecule is NC1(c2cccc(-c3ccccc3Cl)c2)CC1. The fourth-order valence-corrected chi connectivity index (χ4v) is 2.36. The predicted octanol–water partition coefficient (Wildman–Crippen LogP) is 3.95. The highest BCUT2D eigenvalue weighted by Gasteiger charge is 2.39. The molecule has 0 aliphatic heterocycles. The topological polar surface area (TPSA) is 26.0 Å². The minimum atomic E-state index is -0.0860. The molecule has 17 heavy (non-hydrogen) atoms. The summed E-state index contributed by atoms with van der Waals surface area (Å²) in [5.41, 5.74) is 9.56. The van der Waals surface area contributed by atoms with E-state index >= 15 is 0 Å². The van der Waals surface area contributed by atoms with Gasteiger partial charge in [-0.15, -0.1) is 0 Å². The van der Waals surface area contributed by atoms with E-state index in [-0.39, 0.29) is 5.54 Å². The minimum absolute atomic E-state index is 0.0860. The van der Waals surface area contributed by atoms with Gasteiger partial charge in [0.25, 0.3) is 0 Å². The summed E-state index contributed by atoms with van der Waals surface area (Å²) in [5.74, 6) is 0. The molecule has 1 aliphatic rings.